The normalized spacial score (nSPS) is 13.0. The van der Waals surface area contributed by atoms with Crippen molar-refractivity contribution < 1.29 is 9.53 Å². The highest BCUT2D eigenvalue weighted by Gasteiger charge is 2.22. The van der Waals surface area contributed by atoms with Crippen molar-refractivity contribution in [2.75, 3.05) is 25.5 Å². The van der Waals surface area contributed by atoms with E-state index in [2.05, 4.69) is 30.6 Å². The number of anilines is 1. The van der Waals surface area contributed by atoms with E-state index in [-0.39, 0.29) is 5.91 Å². The third-order valence-electron chi connectivity index (χ3n) is 5.89. The van der Waals surface area contributed by atoms with Gasteiger partial charge in [0.15, 0.2) is 0 Å². The monoisotopic (exact) mass is 454 g/mol. The molecule has 2 N–H and O–H groups in total. The molecule has 0 aliphatic heterocycles. The first-order valence-electron chi connectivity index (χ1n) is 11.4. The molecular formula is C26H26N6O2. The fourth-order valence-corrected chi connectivity index (χ4v) is 3.81. The average molecular weight is 455 g/mol. The molecule has 0 spiro atoms. The van der Waals surface area contributed by atoms with Gasteiger partial charge < -0.3 is 15.4 Å². The van der Waals surface area contributed by atoms with E-state index in [9.17, 15) is 4.79 Å². The van der Waals surface area contributed by atoms with Gasteiger partial charge in [0.1, 0.15) is 12.1 Å². The Hall–Kier alpha value is -4.07. The number of carbonyl (C=O) groups excluding carboxylic acids is 1. The molecule has 1 aromatic carbocycles. The molecule has 3 heterocycles. The van der Waals surface area contributed by atoms with Crippen LogP contribution < -0.4 is 15.4 Å². The Morgan fingerprint density at radius 1 is 1.09 bits per heavy atom. The van der Waals surface area contributed by atoms with Gasteiger partial charge in [-0.1, -0.05) is 18.2 Å². The third-order valence-corrected chi connectivity index (χ3v) is 5.89. The summed E-state index contributed by atoms with van der Waals surface area (Å²) in [5.41, 5.74) is 4.23. The maximum atomic E-state index is 12.2. The van der Waals surface area contributed by atoms with E-state index in [1.165, 1.54) is 12.8 Å². The maximum Gasteiger partial charge on any atom is 0.251 e. The van der Waals surface area contributed by atoms with Crippen molar-refractivity contribution in [3.05, 3.63) is 72.3 Å². The molecule has 172 valence electrons. The summed E-state index contributed by atoms with van der Waals surface area (Å²) in [6, 6.07) is 13.4. The smallest absolute Gasteiger partial charge is 0.251 e. The predicted octanol–water partition coefficient (Wildman–Crippen LogP) is 3.89. The molecule has 0 atom stereocenters. The van der Waals surface area contributed by atoms with Crippen molar-refractivity contribution in [1.29, 1.82) is 0 Å². The highest BCUT2D eigenvalue weighted by atomic mass is 16.5. The van der Waals surface area contributed by atoms with E-state index >= 15 is 0 Å². The molecule has 1 aliphatic rings. The molecule has 8 heteroatoms. The van der Waals surface area contributed by atoms with Crippen LogP contribution in [0.25, 0.3) is 22.2 Å². The van der Waals surface area contributed by atoms with Gasteiger partial charge in [-0.25, -0.2) is 15.0 Å². The summed E-state index contributed by atoms with van der Waals surface area (Å²) < 4.78 is 5.71. The minimum absolute atomic E-state index is 0.117. The molecule has 8 nitrogen and oxygen atoms in total. The Balaban J connectivity index is 1.24. The molecule has 1 fully saturated rings. The van der Waals surface area contributed by atoms with E-state index in [1.54, 1.807) is 31.8 Å². The highest BCUT2D eigenvalue weighted by Crippen LogP contribution is 2.29. The molecular weight excluding hydrogens is 428 g/mol. The van der Waals surface area contributed by atoms with Crippen LogP contribution in [0.4, 0.5) is 5.82 Å². The SMILES string of the molecule is CNC(=O)c1ccnc2c(CCNc3cc(-c4ccc(OCC5CC5)nc4)ncn3)cccc12. The van der Waals surface area contributed by atoms with Crippen LogP contribution in [0, 0.1) is 5.92 Å². The second-order valence-corrected chi connectivity index (χ2v) is 8.36. The number of pyridine rings is 2. The van der Waals surface area contributed by atoms with Crippen LogP contribution in [0.2, 0.25) is 0 Å². The van der Waals surface area contributed by atoms with Gasteiger partial charge in [-0.2, -0.15) is 0 Å². The number of nitrogens with one attached hydrogen (secondary N) is 2. The van der Waals surface area contributed by atoms with E-state index in [0.717, 1.165) is 46.6 Å². The Morgan fingerprint density at radius 2 is 2.00 bits per heavy atom. The van der Waals surface area contributed by atoms with Crippen LogP contribution in [0.1, 0.15) is 28.8 Å². The van der Waals surface area contributed by atoms with Gasteiger partial charge in [-0.05, 0) is 42.9 Å². The molecule has 5 rings (SSSR count). The van der Waals surface area contributed by atoms with Crippen LogP contribution in [0.5, 0.6) is 5.88 Å². The van der Waals surface area contributed by atoms with Gasteiger partial charge in [0.2, 0.25) is 5.88 Å². The lowest BCUT2D eigenvalue weighted by molar-refractivity contribution is 0.0964. The Morgan fingerprint density at radius 3 is 2.79 bits per heavy atom. The van der Waals surface area contributed by atoms with Gasteiger partial charge in [0, 0.05) is 49.1 Å². The third kappa shape index (κ3) is 4.96. The summed E-state index contributed by atoms with van der Waals surface area (Å²) in [4.78, 5) is 29.8. The fraction of sp³-hybridized carbons (Fsp3) is 0.269. The lowest BCUT2D eigenvalue weighted by Crippen LogP contribution is -2.18. The number of hydrogen-bond donors (Lipinski definition) is 2. The number of nitrogens with zero attached hydrogens (tertiary/aromatic N) is 4. The molecule has 0 saturated heterocycles. The Kier molecular flexibility index (Phi) is 6.29. The zero-order valence-electron chi connectivity index (χ0n) is 19.0. The molecule has 34 heavy (non-hydrogen) atoms. The Bertz CT molecular complexity index is 1300. The second-order valence-electron chi connectivity index (χ2n) is 8.36. The maximum absolute atomic E-state index is 12.2. The standard InChI is InChI=1S/C26H26N6O2/c1-27-26(33)21-10-12-29-25-18(3-2-4-20(21)25)9-11-28-23-13-22(31-16-32-23)19-7-8-24(30-14-19)34-15-17-5-6-17/h2-4,7-8,10,12-14,16-17H,5-6,9,11,15H2,1H3,(H,27,33)(H,28,31,32). The number of amides is 1. The van der Waals surface area contributed by atoms with Crippen LogP contribution in [0.3, 0.4) is 0 Å². The van der Waals surface area contributed by atoms with E-state index in [4.69, 9.17) is 4.74 Å². The van der Waals surface area contributed by atoms with Gasteiger partial charge in [0.05, 0.1) is 23.4 Å². The highest BCUT2D eigenvalue weighted by molar-refractivity contribution is 6.06. The summed E-state index contributed by atoms with van der Waals surface area (Å²) in [5.74, 6) is 1.96. The van der Waals surface area contributed by atoms with Gasteiger partial charge in [-0.3, -0.25) is 9.78 Å². The number of para-hydroxylation sites is 1. The zero-order valence-corrected chi connectivity index (χ0v) is 19.0. The molecule has 0 radical (unpaired) electrons. The summed E-state index contributed by atoms with van der Waals surface area (Å²) in [5, 5.41) is 6.90. The van der Waals surface area contributed by atoms with Crippen molar-refractivity contribution in [3.63, 3.8) is 0 Å². The van der Waals surface area contributed by atoms with Gasteiger partial charge in [-0.15, -0.1) is 0 Å². The van der Waals surface area contributed by atoms with E-state index < -0.39 is 0 Å². The summed E-state index contributed by atoms with van der Waals surface area (Å²) in [6.07, 6.45) is 8.24. The molecule has 4 aromatic rings. The number of hydrogen-bond acceptors (Lipinski definition) is 7. The minimum atomic E-state index is -0.117. The van der Waals surface area contributed by atoms with Crippen molar-refractivity contribution in [3.8, 4) is 17.1 Å². The van der Waals surface area contributed by atoms with Crippen LogP contribution in [0.15, 0.2) is 61.2 Å². The van der Waals surface area contributed by atoms with Gasteiger partial charge in [0.25, 0.3) is 5.91 Å². The summed E-state index contributed by atoms with van der Waals surface area (Å²) in [7, 11) is 1.63. The largest absolute Gasteiger partial charge is 0.477 e. The number of carbonyl (C=O) groups is 1. The lowest BCUT2D eigenvalue weighted by Gasteiger charge is -2.10. The van der Waals surface area contributed by atoms with Crippen molar-refractivity contribution >= 4 is 22.6 Å². The van der Waals surface area contributed by atoms with Crippen LogP contribution in [-0.2, 0) is 6.42 Å². The number of fused-ring (bicyclic) bond motifs is 1. The lowest BCUT2D eigenvalue weighted by atomic mass is 10.0. The minimum Gasteiger partial charge on any atom is -0.477 e. The molecule has 0 bridgehead atoms. The molecule has 1 aliphatic carbocycles. The Labute approximate surface area is 197 Å². The molecule has 3 aromatic heterocycles. The zero-order chi connectivity index (χ0) is 23.3. The fourth-order valence-electron chi connectivity index (χ4n) is 3.81. The number of aromatic nitrogens is 4. The predicted molar refractivity (Wildman–Crippen MR) is 131 cm³/mol. The van der Waals surface area contributed by atoms with Crippen molar-refractivity contribution in [2.24, 2.45) is 5.92 Å². The average Bonchev–Trinajstić information content (AvgIpc) is 3.72. The first-order chi connectivity index (χ1) is 16.7. The number of ether oxygens (including phenoxy) is 1. The van der Waals surface area contributed by atoms with Crippen molar-refractivity contribution in [1.82, 2.24) is 25.3 Å². The second kappa shape index (κ2) is 9.82. The van der Waals surface area contributed by atoms with Crippen LogP contribution in [-0.4, -0.2) is 46.0 Å². The van der Waals surface area contributed by atoms with E-state index in [0.29, 0.717) is 23.9 Å². The topological polar surface area (TPSA) is 102 Å². The molecule has 0 unspecified atom stereocenters. The summed E-state index contributed by atoms with van der Waals surface area (Å²) in [6.45, 7) is 1.40. The molecule has 1 amide bonds. The summed E-state index contributed by atoms with van der Waals surface area (Å²) >= 11 is 0. The first kappa shape index (κ1) is 21.8. The molecule has 1 saturated carbocycles. The first-order valence-corrected chi connectivity index (χ1v) is 11.4. The van der Waals surface area contributed by atoms with Crippen LogP contribution >= 0.6 is 0 Å². The quantitative estimate of drug-likeness (QED) is 0.396. The van der Waals surface area contributed by atoms with Gasteiger partial charge >= 0.3 is 0 Å². The number of benzene rings is 1. The number of rotatable bonds is 9. The van der Waals surface area contributed by atoms with E-state index in [1.807, 2.05) is 36.4 Å². The van der Waals surface area contributed by atoms with Crippen molar-refractivity contribution in [2.45, 2.75) is 19.3 Å².